The van der Waals surface area contributed by atoms with Crippen molar-refractivity contribution in [2.45, 2.75) is 51.7 Å². The largest absolute Gasteiger partial charge is 0.493 e. The lowest BCUT2D eigenvalue weighted by molar-refractivity contribution is -0.144. The number of likely N-dealkylation sites (tertiary alicyclic amines) is 1. The molecule has 2 aliphatic heterocycles. The molecule has 0 saturated carbocycles. The highest BCUT2D eigenvalue weighted by Crippen LogP contribution is 2.47. The molecule has 11 heteroatoms. The molecule has 42 heavy (non-hydrogen) atoms. The number of para-hydroxylation sites is 1. The number of carboxylic acids is 1. The fourth-order valence-electron chi connectivity index (χ4n) is 5.65. The van der Waals surface area contributed by atoms with E-state index >= 15 is 0 Å². The van der Waals surface area contributed by atoms with Crippen molar-refractivity contribution in [3.8, 4) is 11.5 Å². The molecule has 2 atom stereocenters. The van der Waals surface area contributed by atoms with Crippen molar-refractivity contribution in [1.82, 2.24) is 4.90 Å². The van der Waals surface area contributed by atoms with Crippen LogP contribution in [0.2, 0.25) is 5.02 Å². The first-order chi connectivity index (χ1) is 20.0. The second kappa shape index (κ2) is 13.3. The number of carboxylic acid groups (broad SMARTS) is 1. The van der Waals surface area contributed by atoms with E-state index in [0.29, 0.717) is 59.3 Å². The molecule has 1 saturated heterocycles. The topological polar surface area (TPSA) is 126 Å². The summed E-state index contributed by atoms with van der Waals surface area (Å²) >= 11 is 6.82. The van der Waals surface area contributed by atoms with E-state index < -0.39 is 29.5 Å². The van der Waals surface area contributed by atoms with Crippen molar-refractivity contribution in [3.63, 3.8) is 0 Å². The summed E-state index contributed by atoms with van der Waals surface area (Å²) in [4.78, 5) is 42.2. The number of halogens is 1. The highest BCUT2D eigenvalue weighted by molar-refractivity contribution is 6.32. The van der Waals surface area contributed by atoms with Gasteiger partial charge in [0.2, 0.25) is 5.91 Å². The van der Waals surface area contributed by atoms with Crippen LogP contribution < -0.4 is 14.4 Å². The molecule has 2 amide bonds. The Kier molecular flexibility index (Phi) is 10.0. The average molecular weight is 603 g/mol. The second-order valence-corrected chi connectivity index (χ2v) is 12.0. The molecule has 228 valence electrons. The summed E-state index contributed by atoms with van der Waals surface area (Å²) in [5.74, 6) is -0.619. The van der Waals surface area contributed by atoms with Gasteiger partial charge in [0.05, 0.1) is 26.3 Å². The lowest BCUT2D eigenvalue weighted by Gasteiger charge is -2.34. The van der Waals surface area contributed by atoms with Crippen LogP contribution in [-0.2, 0) is 19.1 Å². The Morgan fingerprint density at radius 3 is 2.38 bits per heavy atom. The predicted octanol–water partition coefficient (Wildman–Crippen LogP) is 4.30. The van der Waals surface area contributed by atoms with Gasteiger partial charge in [-0.05, 0) is 37.0 Å². The van der Waals surface area contributed by atoms with Gasteiger partial charge in [-0.15, -0.1) is 0 Å². The smallest absolute Gasteiger partial charge is 0.303 e. The molecule has 0 spiro atoms. The van der Waals surface area contributed by atoms with Crippen LogP contribution in [0, 0.1) is 11.3 Å². The van der Waals surface area contributed by atoms with Gasteiger partial charge in [0.1, 0.15) is 12.2 Å². The van der Waals surface area contributed by atoms with Gasteiger partial charge in [0.25, 0.3) is 5.91 Å². The molecule has 2 heterocycles. The number of aliphatic hydroxyl groups is 1. The van der Waals surface area contributed by atoms with Crippen molar-refractivity contribution >= 4 is 35.1 Å². The first-order valence-corrected chi connectivity index (χ1v) is 14.4. The molecule has 0 aliphatic carbocycles. The van der Waals surface area contributed by atoms with E-state index in [1.165, 1.54) is 14.2 Å². The van der Waals surface area contributed by atoms with Gasteiger partial charge >= 0.3 is 5.97 Å². The molecule has 0 aromatic heterocycles. The van der Waals surface area contributed by atoms with Crippen molar-refractivity contribution in [2.75, 3.05) is 45.4 Å². The maximum Gasteiger partial charge on any atom is 0.303 e. The number of piperidine rings is 1. The Morgan fingerprint density at radius 1 is 1.07 bits per heavy atom. The molecule has 0 radical (unpaired) electrons. The van der Waals surface area contributed by atoms with Gasteiger partial charge in [-0.2, -0.15) is 0 Å². The maximum absolute atomic E-state index is 14.2. The molecular weight excluding hydrogens is 564 g/mol. The minimum Gasteiger partial charge on any atom is -0.493 e. The molecule has 2 aromatic rings. The second-order valence-electron chi connectivity index (χ2n) is 11.6. The molecule has 2 aliphatic rings. The quantitative estimate of drug-likeness (QED) is 0.412. The van der Waals surface area contributed by atoms with Crippen LogP contribution in [0.1, 0.15) is 56.8 Å². The number of methoxy groups -OCH3 is 2. The number of benzene rings is 2. The predicted molar refractivity (Wildman–Crippen MR) is 157 cm³/mol. The van der Waals surface area contributed by atoms with E-state index in [-0.39, 0.29) is 37.8 Å². The number of hydrogen-bond donors (Lipinski definition) is 2. The number of nitrogens with zero attached hydrogens (tertiary/aromatic N) is 2. The van der Waals surface area contributed by atoms with E-state index in [9.17, 15) is 19.5 Å². The van der Waals surface area contributed by atoms with Gasteiger partial charge in [-0.3, -0.25) is 14.4 Å². The Bertz CT molecular complexity index is 1310. The van der Waals surface area contributed by atoms with Crippen LogP contribution in [0.5, 0.6) is 11.5 Å². The van der Waals surface area contributed by atoms with E-state index in [1.54, 1.807) is 40.1 Å². The summed E-state index contributed by atoms with van der Waals surface area (Å²) < 4.78 is 17.8. The van der Waals surface area contributed by atoms with Crippen LogP contribution in [-0.4, -0.2) is 79.5 Å². The van der Waals surface area contributed by atoms with E-state index in [0.717, 1.165) is 0 Å². The third kappa shape index (κ3) is 6.82. The number of carbonyl (C=O) groups is 3. The zero-order chi connectivity index (χ0) is 30.6. The van der Waals surface area contributed by atoms with Crippen LogP contribution in [0.15, 0.2) is 36.4 Å². The summed E-state index contributed by atoms with van der Waals surface area (Å²) in [6.07, 6.45) is -1.03. The SMILES string of the molecule is COc1cccc([C@H]2O[C@H](CC(=O)N3CCC(CC(=O)O)CC3)C(=O)N(CC(C)(C)CO)c3cccc(Cl)c32)c1OC. The Hall–Kier alpha value is -3.34. The van der Waals surface area contributed by atoms with Gasteiger partial charge in [-0.1, -0.05) is 43.6 Å². The fourth-order valence-corrected chi connectivity index (χ4v) is 5.92. The van der Waals surface area contributed by atoms with E-state index in [4.69, 9.17) is 30.9 Å². The van der Waals surface area contributed by atoms with Gasteiger partial charge in [0, 0.05) is 54.2 Å². The molecule has 2 aromatic carbocycles. The summed E-state index contributed by atoms with van der Waals surface area (Å²) in [6.45, 7) is 4.51. The molecule has 0 bridgehead atoms. The summed E-state index contributed by atoms with van der Waals surface area (Å²) in [5.41, 5.74) is 0.975. The van der Waals surface area contributed by atoms with Gasteiger partial charge in [-0.25, -0.2) is 0 Å². The molecule has 0 unspecified atom stereocenters. The Labute approximate surface area is 251 Å². The Morgan fingerprint density at radius 2 is 1.76 bits per heavy atom. The maximum atomic E-state index is 14.2. The number of anilines is 1. The van der Waals surface area contributed by atoms with Crippen molar-refractivity contribution in [2.24, 2.45) is 11.3 Å². The van der Waals surface area contributed by atoms with E-state index in [1.807, 2.05) is 19.9 Å². The lowest BCUT2D eigenvalue weighted by atomic mass is 9.92. The van der Waals surface area contributed by atoms with Gasteiger partial charge < -0.3 is 34.2 Å². The molecule has 10 nitrogen and oxygen atoms in total. The van der Waals surface area contributed by atoms with Crippen LogP contribution in [0.25, 0.3) is 0 Å². The normalized spacial score (nSPS) is 19.7. The minimum atomic E-state index is -1.17. The number of ether oxygens (including phenoxy) is 3. The number of aliphatic carboxylic acids is 1. The molecular formula is C31H39ClN2O8. The third-order valence-electron chi connectivity index (χ3n) is 7.95. The standard InChI is InChI=1S/C31H39ClN2O8/c1-31(2,18-35)17-34-22-9-6-8-21(32)27(22)29(20-7-5-10-23(40-3)28(20)41-4)42-24(30(34)39)16-25(36)33-13-11-19(12-14-33)15-26(37)38/h5-10,19,24,29,35H,11-18H2,1-4H3,(H,37,38)/t24-,29-/m1/s1. The highest BCUT2D eigenvalue weighted by Gasteiger charge is 2.42. The van der Waals surface area contributed by atoms with Gasteiger partial charge in [0.15, 0.2) is 11.5 Å². The Balaban J connectivity index is 1.75. The zero-order valence-corrected chi connectivity index (χ0v) is 25.2. The number of fused-ring (bicyclic) bond motifs is 1. The lowest BCUT2D eigenvalue weighted by Crippen LogP contribution is -2.47. The van der Waals surface area contributed by atoms with Crippen molar-refractivity contribution in [1.29, 1.82) is 0 Å². The summed E-state index contributed by atoms with van der Waals surface area (Å²) in [6, 6.07) is 10.6. The first-order valence-electron chi connectivity index (χ1n) is 14.1. The highest BCUT2D eigenvalue weighted by atomic mass is 35.5. The number of aliphatic hydroxyl groups excluding tert-OH is 1. The monoisotopic (exact) mass is 602 g/mol. The molecule has 2 N–H and O–H groups in total. The number of carbonyl (C=O) groups excluding carboxylic acids is 2. The van der Waals surface area contributed by atoms with Crippen LogP contribution in [0.4, 0.5) is 5.69 Å². The van der Waals surface area contributed by atoms with Crippen LogP contribution >= 0.6 is 11.6 Å². The minimum absolute atomic E-state index is 0.0139. The zero-order valence-electron chi connectivity index (χ0n) is 24.5. The van der Waals surface area contributed by atoms with Crippen molar-refractivity contribution < 1.29 is 38.8 Å². The first kappa shape index (κ1) is 31.6. The third-order valence-corrected chi connectivity index (χ3v) is 8.27. The van der Waals surface area contributed by atoms with Crippen LogP contribution in [0.3, 0.4) is 0 Å². The number of rotatable bonds is 10. The fraction of sp³-hybridized carbons (Fsp3) is 0.516. The van der Waals surface area contributed by atoms with E-state index in [2.05, 4.69) is 0 Å². The number of amides is 2. The average Bonchev–Trinajstić information content (AvgIpc) is 3.07. The summed E-state index contributed by atoms with van der Waals surface area (Å²) in [5, 5.41) is 19.6. The molecule has 1 fully saturated rings. The summed E-state index contributed by atoms with van der Waals surface area (Å²) in [7, 11) is 3.04. The molecule has 4 rings (SSSR count). The number of hydrogen-bond acceptors (Lipinski definition) is 7. The van der Waals surface area contributed by atoms with Crippen molar-refractivity contribution in [3.05, 3.63) is 52.5 Å².